The van der Waals surface area contributed by atoms with Crippen LogP contribution in [0.15, 0.2) is 77.7 Å². The molecule has 0 saturated carbocycles. The largest absolute Gasteiger partial charge is 0.497 e. The van der Waals surface area contributed by atoms with Crippen molar-refractivity contribution in [3.05, 3.63) is 94.5 Å². The summed E-state index contributed by atoms with van der Waals surface area (Å²) >= 11 is 6.20. The van der Waals surface area contributed by atoms with E-state index in [0.717, 1.165) is 16.7 Å². The number of benzene rings is 3. The number of fused-ring (bicyclic) bond motifs is 1. The Labute approximate surface area is 192 Å². The predicted octanol–water partition coefficient (Wildman–Crippen LogP) is 3.78. The average Bonchev–Trinajstić information content (AvgIpc) is 2.82. The number of nitrogens with one attached hydrogen (secondary N) is 1. The van der Waals surface area contributed by atoms with Gasteiger partial charge in [0.2, 0.25) is 15.9 Å². The zero-order valence-corrected chi connectivity index (χ0v) is 19.1. The molecule has 1 aliphatic rings. The number of rotatable bonds is 6. The van der Waals surface area contributed by atoms with Crippen LogP contribution in [0.2, 0.25) is 5.02 Å². The van der Waals surface area contributed by atoms with Crippen LogP contribution in [-0.2, 0) is 34.3 Å². The molecule has 1 aliphatic heterocycles. The highest BCUT2D eigenvalue weighted by molar-refractivity contribution is 7.89. The fourth-order valence-corrected chi connectivity index (χ4v) is 5.57. The summed E-state index contributed by atoms with van der Waals surface area (Å²) in [7, 11) is -2.41. The Morgan fingerprint density at radius 2 is 1.69 bits per heavy atom. The fraction of sp³-hybridized carbons (Fsp3) is 0.208. The molecule has 0 bridgehead atoms. The monoisotopic (exact) mass is 470 g/mol. The highest BCUT2D eigenvalue weighted by Crippen LogP contribution is 2.30. The first-order chi connectivity index (χ1) is 15.4. The third-order valence-electron chi connectivity index (χ3n) is 5.59. The highest BCUT2D eigenvalue weighted by atomic mass is 35.5. The van der Waals surface area contributed by atoms with Crippen molar-refractivity contribution in [2.45, 2.75) is 30.4 Å². The highest BCUT2D eigenvalue weighted by Gasteiger charge is 2.39. The van der Waals surface area contributed by atoms with Gasteiger partial charge in [-0.05, 0) is 53.4 Å². The summed E-state index contributed by atoms with van der Waals surface area (Å²) in [6.07, 6.45) is 0.292. The van der Waals surface area contributed by atoms with Crippen LogP contribution < -0.4 is 10.1 Å². The predicted molar refractivity (Wildman–Crippen MR) is 123 cm³/mol. The first kappa shape index (κ1) is 22.3. The number of methoxy groups -OCH3 is 1. The Morgan fingerprint density at radius 1 is 1.03 bits per heavy atom. The second kappa shape index (κ2) is 9.32. The van der Waals surface area contributed by atoms with Crippen molar-refractivity contribution in [3.8, 4) is 5.75 Å². The van der Waals surface area contributed by atoms with E-state index in [0.29, 0.717) is 17.2 Å². The lowest BCUT2D eigenvalue weighted by molar-refractivity contribution is -0.125. The second-order valence-corrected chi connectivity index (χ2v) is 9.82. The van der Waals surface area contributed by atoms with E-state index in [1.165, 1.54) is 23.5 Å². The molecule has 1 heterocycles. The molecule has 1 atom stereocenters. The van der Waals surface area contributed by atoms with Crippen molar-refractivity contribution in [1.29, 1.82) is 0 Å². The SMILES string of the molecule is COc1ccc(S(=O)(=O)N2Cc3ccccc3C[C@@H]2C(=O)NCc2ccccc2Cl)cc1. The van der Waals surface area contributed by atoms with Crippen LogP contribution in [0.4, 0.5) is 0 Å². The summed E-state index contributed by atoms with van der Waals surface area (Å²) in [5.41, 5.74) is 2.62. The van der Waals surface area contributed by atoms with Crippen LogP contribution in [0.1, 0.15) is 16.7 Å². The zero-order chi connectivity index (χ0) is 22.7. The van der Waals surface area contributed by atoms with E-state index in [4.69, 9.17) is 16.3 Å². The van der Waals surface area contributed by atoms with E-state index < -0.39 is 16.1 Å². The number of carbonyl (C=O) groups excluding carboxylic acids is 1. The molecule has 1 amide bonds. The number of amides is 1. The van der Waals surface area contributed by atoms with Gasteiger partial charge in [-0.3, -0.25) is 4.79 Å². The summed E-state index contributed by atoms with van der Waals surface area (Å²) < 4.78 is 33.5. The maximum absolute atomic E-state index is 13.5. The Morgan fingerprint density at radius 3 is 2.38 bits per heavy atom. The lowest BCUT2D eigenvalue weighted by Gasteiger charge is -2.35. The van der Waals surface area contributed by atoms with E-state index in [1.807, 2.05) is 42.5 Å². The van der Waals surface area contributed by atoms with E-state index >= 15 is 0 Å². The van der Waals surface area contributed by atoms with Crippen LogP contribution in [0.5, 0.6) is 5.75 Å². The Kier molecular flexibility index (Phi) is 6.50. The van der Waals surface area contributed by atoms with E-state index in [2.05, 4.69) is 5.32 Å². The standard InChI is InChI=1S/C24H23ClN2O4S/c1-31-20-10-12-21(13-11-20)32(29,30)27-16-19-8-3-2-6-17(19)14-23(27)24(28)26-15-18-7-4-5-9-22(18)25/h2-13,23H,14-16H2,1H3,(H,26,28)/t23-/m1/s1. The first-order valence-corrected chi connectivity index (χ1v) is 12.0. The van der Waals surface area contributed by atoms with Crippen LogP contribution in [-0.4, -0.2) is 31.8 Å². The van der Waals surface area contributed by atoms with Gasteiger partial charge in [0, 0.05) is 18.1 Å². The van der Waals surface area contributed by atoms with Gasteiger partial charge in [-0.25, -0.2) is 8.42 Å². The van der Waals surface area contributed by atoms with Gasteiger partial charge < -0.3 is 10.1 Å². The summed E-state index contributed by atoms with van der Waals surface area (Å²) in [4.78, 5) is 13.3. The fourth-order valence-electron chi connectivity index (χ4n) is 3.80. The van der Waals surface area contributed by atoms with Gasteiger partial charge in [0.15, 0.2) is 0 Å². The second-order valence-electron chi connectivity index (χ2n) is 7.52. The maximum Gasteiger partial charge on any atom is 0.244 e. The Balaban J connectivity index is 1.64. The minimum atomic E-state index is -3.92. The molecular weight excluding hydrogens is 448 g/mol. The normalized spacial score (nSPS) is 16.2. The number of sulfonamides is 1. The molecular formula is C24H23ClN2O4S. The average molecular weight is 471 g/mol. The summed E-state index contributed by atoms with van der Waals surface area (Å²) in [5, 5.41) is 3.41. The Bertz CT molecular complexity index is 1230. The third kappa shape index (κ3) is 4.50. The molecule has 0 spiro atoms. The number of ether oxygens (including phenoxy) is 1. The first-order valence-electron chi connectivity index (χ1n) is 10.1. The maximum atomic E-state index is 13.5. The molecule has 6 nitrogen and oxygen atoms in total. The molecule has 0 radical (unpaired) electrons. The molecule has 32 heavy (non-hydrogen) atoms. The topological polar surface area (TPSA) is 75.7 Å². The van der Waals surface area contributed by atoms with Gasteiger partial charge in [-0.1, -0.05) is 54.1 Å². The van der Waals surface area contributed by atoms with Crippen LogP contribution in [0.25, 0.3) is 0 Å². The molecule has 0 fully saturated rings. The molecule has 8 heteroatoms. The summed E-state index contributed by atoms with van der Waals surface area (Å²) in [5.74, 6) is 0.193. The van der Waals surface area contributed by atoms with E-state index in [9.17, 15) is 13.2 Å². The summed E-state index contributed by atoms with van der Waals surface area (Å²) in [6.45, 7) is 0.335. The number of halogens is 1. The summed E-state index contributed by atoms with van der Waals surface area (Å²) in [6, 6.07) is 20.1. The van der Waals surface area contributed by atoms with Crippen LogP contribution in [0, 0.1) is 0 Å². The number of carbonyl (C=O) groups is 1. The van der Waals surface area contributed by atoms with Crippen molar-refractivity contribution in [1.82, 2.24) is 9.62 Å². The molecule has 0 unspecified atom stereocenters. The number of hydrogen-bond donors (Lipinski definition) is 1. The molecule has 3 aromatic carbocycles. The van der Waals surface area contributed by atoms with Crippen LogP contribution in [0.3, 0.4) is 0 Å². The van der Waals surface area contributed by atoms with E-state index in [1.54, 1.807) is 18.2 Å². The number of hydrogen-bond acceptors (Lipinski definition) is 4. The molecule has 0 saturated heterocycles. The van der Waals surface area contributed by atoms with Crippen LogP contribution >= 0.6 is 11.6 Å². The molecule has 0 aliphatic carbocycles. The van der Waals surface area contributed by atoms with Crippen molar-refractivity contribution in [3.63, 3.8) is 0 Å². The smallest absolute Gasteiger partial charge is 0.244 e. The molecule has 0 aromatic heterocycles. The minimum absolute atomic E-state index is 0.113. The number of nitrogens with zero attached hydrogens (tertiary/aromatic N) is 1. The van der Waals surface area contributed by atoms with Gasteiger partial charge in [0.1, 0.15) is 11.8 Å². The minimum Gasteiger partial charge on any atom is -0.497 e. The molecule has 1 N–H and O–H groups in total. The third-order valence-corrected chi connectivity index (χ3v) is 7.82. The van der Waals surface area contributed by atoms with E-state index in [-0.39, 0.29) is 23.9 Å². The van der Waals surface area contributed by atoms with Crippen molar-refractivity contribution in [2.75, 3.05) is 7.11 Å². The quantitative estimate of drug-likeness (QED) is 0.595. The lowest BCUT2D eigenvalue weighted by atomic mass is 9.95. The molecule has 166 valence electrons. The Hall–Kier alpha value is -2.87. The molecule has 4 rings (SSSR count). The zero-order valence-electron chi connectivity index (χ0n) is 17.5. The van der Waals surface area contributed by atoms with Gasteiger partial charge >= 0.3 is 0 Å². The van der Waals surface area contributed by atoms with Crippen molar-refractivity contribution < 1.29 is 17.9 Å². The van der Waals surface area contributed by atoms with Gasteiger partial charge in [0.05, 0.1) is 12.0 Å². The molecule has 3 aromatic rings. The van der Waals surface area contributed by atoms with Gasteiger partial charge in [0.25, 0.3) is 0 Å². The van der Waals surface area contributed by atoms with Gasteiger partial charge in [-0.2, -0.15) is 4.31 Å². The van der Waals surface area contributed by atoms with Crippen molar-refractivity contribution >= 4 is 27.5 Å². The lowest BCUT2D eigenvalue weighted by Crippen LogP contribution is -2.52. The van der Waals surface area contributed by atoms with Crippen molar-refractivity contribution in [2.24, 2.45) is 0 Å². The van der Waals surface area contributed by atoms with Gasteiger partial charge in [-0.15, -0.1) is 0 Å².